The summed E-state index contributed by atoms with van der Waals surface area (Å²) in [7, 11) is 1.40. The molecule has 0 aliphatic carbocycles. The topological polar surface area (TPSA) is 157 Å². The molecule has 0 unspecified atom stereocenters. The quantitative estimate of drug-likeness (QED) is 0.720. The van der Waals surface area contributed by atoms with Crippen LogP contribution in [0.5, 0.6) is 11.5 Å². The van der Waals surface area contributed by atoms with Crippen LogP contribution in [0.2, 0.25) is 0 Å². The van der Waals surface area contributed by atoms with Crippen molar-refractivity contribution < 1.29 is 19.4 Å². The number of carboxylic acids is 1. The number of carboxylic acid groups (broad SMARTS) is 1. The Balaban J connectivity index is 2.50. The highest BCUT2D eigenvalue weighted by molar-refractivity contribution is 5.75. The molecule has 1 aromatic carbocycles. The van der Waals surface area contributed by atoms with Crippen LogP contribution in [-0.2, 0) is 4.79 Å². The molecule has 0 spiro atoms. The maximum atomic E-state index is 10.6. The summed E-state index contributed by atoms with van der Waals surface area (Å²) < 4.78 is 10.3. The first kappa shape index (κ1) is 15.8. The molecule has 23 heavy (non-hydrogen) atoms. The molecular weight excluding hydrogens is 302 g/mol. The fourth-order valence-electron chi connectivity index (χ4n) is 1.89. The van der Waals surface area contributed by atoms with E-state index in [1.54, 1.807) is 12.1 Å². The van der Waals surface area contributed by atoms with E-state index < -0.39 is 12.6 Å². The van der Waals surface area contributed by atoms with Gasteiger partial charge in [0.15, 0.2) is 18.1 Å². The van der Waals surface area contributed by atoms with Crippen molar-refractivity contribution in [1.82, 2.24) is 9.97 Å². The van der Waals surface area contributed by atoms with Gasteiger partial charge in [-0.25, -0.2) is 9.78 Å². The second-order valence-electron chi connectivity index (χ2n) is 4.35. The standard InChI is InChI=1S/C14H13N5O4/c1-22-10-4-7(2-3-9(10)23-6-11(20)21)12-8(5-15)13(16)19-14(17)18-12/h2-4H,6H2,1H3,(H,20,21)(H4,16,17,18,19). The highest BCUT2D eigenvalue weighted by Gasteiger charge is 2.16. The van der Waals surface area contributed by atoms with Crippen LogP contribution in [-0.4, -0.2) is 34.8 Å². The summed E-state index contributed by atoms with van der Waals surface area (Å²) in [6.07, 6.45) is 0. The monoisotopic (exact) mass is 315 g/mol. The number of anilines is 2. The maximum absolute atomic E-state index is 10.6. The molecule has 2 rings (SSSR count). The number of aliphatic carboxylic acids is 1. The third-order valence-electron chi connectivity index (χ3n) is 2.85. The first-order valence-corrected chi connectivity index (χ1v) is 6.32. The Morgan fingerprint density at radius 1 is 1.35 bits per heavy atom. The molecule has 1 heterocycles. The van der Waals surface area contributed by atoms with Gasteiger partial charge in [0, 0.05) is 5.56 Å². The van der Waals surface area contributed by atoms with Crippen molar-refractivity contribution in [3.8, 4) is 28.8 Å². The third kappa shape index (κ3) is 3.38. The lowest BCUT2D eigenvalue weighted by atomic mass is 10.1. The first-order chi connectivity index (χ1) is 11.0. The number of nitrogens with two attached hydrogens (primary N) is 2. The van der Waals surface area contributed by atoms with Crippen LogP contribution in [0.4, 0.5) is 11.8 Å². The van der Waals surface area contributed by atoms with E-state index in [0.29, 0.717) is 5.56 Å². The normalized spacial score (nSPS) is 9.91. The molecule has 9 nitrogen and oxygen atoms in total. The number of hydrogen-bond acceptors (Lipinski definition) is 8. The molecule has 9 heteroatoms. The number of ether oxygens (including phenoxy) is 2. The molecule has 0 fully saturated rings. The van der Waals surface area contributed by atoms with Crippen molar-refractivity contribution in [2.45, 2.75) is 0 Å². The predicted molar refractivity (Wildman–Crippen MR) is 80.7 cm³/mol. The van der Waals surface area contributed by atoms with E-state index >= 15 is 0 Å². The number of aromatic nitrogens is 2. The van der Waals surface area contributed by atoms with E-state index in [0.717, 1.165) is 0 Å². The van der Waals surface area contributed by atoms with Gasteiger partial charge >= 0.3 is 5.97 Å². The van der Waals surface area contributed by atoms with Crippen LogP contribution in [0.3, 0.4) is 0 Å². The van der Waals surface area contributed by atoms with Gasteiger partial charge in [0.25, 0.3) is 0 Å². The van der Waals surface area contributed by atoms with E-state index in [1.165, 1.54) is 13.2 Å². The zero-order valence-corrected chi connectivity index (χ0v) is 12.1. The number of carbonyl (C=O) groups is 1. The Bertz CT molecular complexity index is 800. The van der Waals surface area contributed by atoms with E-state index in [1.807, 2.05) is 6.07 Å². The third-order valence-corrected chi connectivity index (χ3v) is 2.85. The second kappa shape index (κ2) is 6.48. The summed E-state index contributed by atoms with van der Waals surface area (Å²) in [5.41, 5.74) is 12.1. The molecule has 0 saturated carbocycles. The van der Waals surface area contributed by atoms with Crippen molar-refractivity contribution in [1.29, 1.82) is 5.26 Å². The Morgan fingerprint density at radius 2 is 2.09 bits per heavy atom. The summed E-state index contributed by atoms with van der Waals surface area (Å²) in [5.74, 6) is -0.684. The lowest BCUT2D eigenvalue weighted by Crippen LogP contribution is -2.10. The smallest absolute Gasteiger partial charge is 0.341 e. The van der Waals surface area contributed by atoms with E-state index in [9.17, 15) is 10.1 Å². The number of nitriles is 1. The lowest BCUT2D eigenvalue weighted by molar-refractivity contribution is -0.139. The van der Waals surface area contributed by atoms with Gasteiger partial charge < -0.3 is 26.0 Å². The zero-order valence-electron chi connectivity index (χ0n) is 12.1. The molecule has 1 aromatic heterocycles. The minimum atomic E-state index is -1.11. The van der Waals surface area contributed by atoms with Gasteiger partial charge in [-0.2, -0.15) is 10.2 Å². The van der Waals surface area contributed by atoms with Gasteiger partial charge in [-0.3, -0.25) is 0 Å². The Morgan fingerprint density at radius 3 is 2.70 bits per heavy atom. The lowest BCUT2D eigenvalue weighted by Gasteiger charge is -2.12. The van der Waals surface area contributed by atoms with Gasteiger partial charge in [-0.05, 0) is 18.2 Å². The van der Waals surface area contributed by atoms with E-state index in [-0.39, 0.29) is 34.5 Å². The van der Waals surface area contributed by atoms with Crippen LogP contribution in [0.1, 0.15) is 5.56 Å². The number of benzene rings is 1. The van der Waals surface area contributed by atoms with Crippen LogP contribution in [0.25, 0.3) is 11.3 Å². The van der Waals surface area contributed by atoms with Crippen LogP contribution >= 0.6 is 0 Å². The molecule has 0 saturated heterocycles. The molecule has 0 aliphatic rings. The van der Waals surface area contributed by atoms with Gasteiger partial charge in [0.2, 0.25) is 5.95 Å². The van der Waals surface area contributed by atoms with Gasteiger partial charge in [0.05, 0.1) is 12.8 Å². The van der Waals surface area contributed by atoms with Crippen molar-refractivity contribution >= 4 is 17.7 Å². The summed E-state index contributed by atoms with van der Waals surface area (Å²) in [6, 6.07) is 6.56. The predicted octanol–water partition coefficient (Wildman–Crippen LogP) is 0.652. The molecule has 0 radical (unpaired) electrons. The highest BCUT2D eigenvalue weighted by Crippen LogP contribution is 2.34. The number of nitrogen functional groups attached to an aromatic ring is 2. The fourth-order valence-corrected chi connectivity index (χ4v) is 1.89. The van der Waals surface area contributed by atoms with Gasteiger partial charge in [-0.1, -0.05) is 0 Å². The molecule has 0 aliphatic heterocycles. The Hall–Kier alpha value is -3.54. The van der Waals surface area contributed by atoms with E-state index in [2.05, 4.69) is 9.97 Å². The minimum absolute atomic E-state index is 0.0276. The second-order valence-corrected chi connectivity index (χ2v) is 4.35. The number of nitrogens with zero attached hydrogens (tertiary/aromatic N) is 3. The van der Waals surface area contributed by atoms with Crippen molar-refractivity contribution in [2.24, 2.45) is 0 Å². The maximum Gasteiger partial charge on any atom is 0.341 e. The zero-order chi connectivity index (χ0) is 17.0. The Labute approximate surface area is 131 Å². The Kier molecular flexibility index (Phi) is 4.47. The summed E-state index contributed by atoms with van der Waals surface area (Å²) in [4.78, 5) is 18.3. The molecular formula is C14H13N5O4. The highest BCUT2D eigenvalue weighted by atomic mass is 16.5. The molecule has 118 valence electrons. The van der Waals surface area contributed by atoms with Gasteiger partial charge in [-0.15, -0.1) is 0 Å². The average molecular weight is 315 g/mol. The number of methoxy groups -OCH3 is 1. The largest absolute Gasteiger partial charge is 0.493 e. The number of rotatable bonds is 5. The molecule has 5 N–H and O–H groups in total. The summed E-state index contributed by atoms with van der Waals surface area (Å²) in [5, 5.41) is 17.9. The van der Waals surface area contributed by atoms with Crippen molar-refractivity contribution in [2.75, 3.05) is 25.2 Å². The first-order valence-electron chi connectivity index (χ1n) is 6.32. The van der Waals surface area contributed by atoms with Crippen molar-refractivity contribution in [3.63, 3.8) is 0 Å². The SMILES string of the molecule is COc1cc(-c2nc(N)nc(N)c2C#N)ccc1OCC(=O)O. The fraction of sp³-hybridized carbons (Fsp3) is 0.143. The van der Waals surface area contributed by atoms with Gasteiger partial charge in [0.1, 0.15) is 17.5 Å². The summed E-state index contributed by atoms with van der Waals surface area (Å²) >= 11 is 0. The molecule has 0 bridgehead atoms. The van der Waals surface area contributed by atoms with Crippen LogP contribution < -0.4 is 20.9 Å². The molecule has 0 amide bonds. The minimum Gasteiger partial charge on any atom is -0.493 e. The average Bonchev–Trinajstić information content (AvgIpc) is 2.52. The van der Waals surface area contributed by atoms with Crippen LogP contribution in [0.15, 0.2) is 18.2 Å². The summed E-state index contributed by atoms with van der Waals surface area (Å²) in [6.45, 7) is -0.507. The number of hydrogen-bond donors (Lipinski definition) is 3. The van der Waals surface area contributed by atoms with Crippen molar-refractivity contribution in [3.05, 3.63) is 23.8 Å². The molecule has 2 aromatic rings. The van der Waals surface area contributed by atoms with E-state index in [4.69, 9.17) is 26.0 Å². The van der Waals surface area contributed by atoms with Crippen LogP contribution in [0, 0.1) is 11.3 Å². The molecule has 0 atom stereocenters.